The van der Waals surface area contributed by atoms with Crippen molar-refractivity contribution in [2.45, 2.75) is 31.7 Å². The highest BCUT2D eigenvalue weighted by molar-refractivity contribution is 5.84. The highest BCUT2D eigenvalue weighted by Gasteiger charge is 2.27. The molecule has 0 spiro atoms. The molecule has 16 heavy (non-hydrogen) atoms. The van der Waals surface area contributed by atoms with Gasteiger partial charge in [-0.25, -0.2) is 0 Å². The number of primary amides is 1. The second kappa shape index (κ2) is 8.50. The fraction of sp³-hybridized carbons (Fsp3) is 0.909. The monoisotopic (exact) mass is 232 g/mol. The molecule has 0 rings (SSSR count). The number of methoxy groups -OCH3 is 1. The Labute approximate surface area is 97.7 Å². The third-order valence-electron chi connectivity index (χ3n) is 2.74. The van der Waals surface area contributed by atoms with Crippen LogP contribution < -0.4 is 11.1 Å². The zero-order valence-corrected chi connectivity index (χ0v) is 10.5. The van der Waals surface area contributed by atoms with Crippen LogP contribution in [0, 0.1) is 0 Å². The quantitative estimate of drug-likeness (QED) is 0.531. The number of nitrogens with one attached hydrogen (secondary N) is 1. The summed E-state index contributed by atoms with van der Waals surface area (Å²) in [5.74, 6) is -0.310. The summed E-state index contributed by atoms with van der Waals surface area (Å²) in [5, 5.41) is 2.95. The molecule has 0 heterocycles. The predicted molar refractivity (Wildman–Crippen MR) is 63.2 cm³/mol. The number of ether oxygens (including phenoxy) is 2. The van der Waals surface area contributed by atoms with Crippen LogP contribution in [0.5, 0.6) is 0 Å². The molecule has 3 N–H and O–H groups in total. The van der Waals surface area contributed by atoms with Crippen LogP contribution in [0.15, 0.2) is 0 Å². The Balaban J connectivity index is 3.53. The Bertz CT molecular complexity index is 200. The van der Waals surface area contributed by atoms with E-state index >= 15 is 0 Å². The Morgan fingerprint density at radius 2 is 2.00 bits per heavy atom. The minimum atomic E-state index is -0.605. The van der Waals surface area contributed by atoms with Gasteiger partial charge >= 0.3 is 0 Å². The van der Waals surface area contributed by atoms with Gasteiger partial charge in [0, 0.05) is 13.7 Å². The van der Waals surface area contributed by atoms with Crippen molar-refractivity contribution < 1.29 is 14.3 Å². The molecule has 5 heteroatoms. The molecule has 1 unspecified atom stereocenters. The lowest BCUT2D eigenvalue weighted by molar-refractivity contribution is -0.123. The number of carbonyl (C=O) groups is 1. The first-order valence-electron chi connectivity index (χ1n) is 5.62. The van der Waals surface area contributed by atoms with Crippen LogP contribution in [0.3, 0.4) is 0 Å². The molecule has 96 valence electrons. The van der Waals surface area contributed by atoms with Gasteiger partial charge < -0.3 is 20.5 Å². The highest BCUT2D eigenvalue weighted by Crippen LogP contribution is 2.12. The summed E-state index contributed by atoms with van der Waals surface area (Å²) >= 11 is 0. The molecule has 0 saturated heterocycles. The van der Waals surface area contributed by atoms with Crippen molar-refractivity contribution in [2.75, 3.05) is 34.0 Å². The van der Waals surface area contributed by atoms with Crippen LogP contribution in [0.25, 0.3) is 0 Å². The Hall–Kier alpha value is -0.650. The summed E-state index contributed by atoms with van der Waals surface area (Å²) in [7, 11) is 3.40. The maximum atomic E-state index is 11.2. The van der Waals surface area contributed by atoms with E-state index in [2.05, 4.69) is 5.32 Å². The molecule has 0 saturated carbocycles. The zero-order chi connectivity index (χ0) is 12.4. The normalized spacial score (nSPS) is 14.7. The van der Waals surface area contributed by atoms with Gasteiger partial charge in [0.05, 0.1) is 18.8 Å². The van der Waals surface area contributed by atoms with E-state index in [0.717, 1.165) is 19.3 Å². The molecule has 5 nitrogen and oxygen atoms in total. The first-order valence-corrected chi connectivity index (χ1v) is 5.62. The minimum Gasteiger partial charge on any atom is -0.382 e. The van der Waals surface area contributed by atoms with E-state index in [1.807, 2.05) is 6.92 Å². The van der Waals surface area contributed by atoms with Gasteiger partial charge in [-0.3, -0.25) is 4.79 Å². The zero-order valence-electron chi connectivity index (χ0n) is 10.5. The molecular formula is C11H24N2O3. The van der Waals surface area contributed by atoms with Crippen LogP contribution in [0.1, 0.15) is 26.2 Å². The predicted octanol–water partition coefficient (Wildman–Crippen LogP) is 0.283. The first-order chi connectivity index (χ1) is 7.56. The van der Waals surface area contributed by atoms with Crippen molar-refractivity contribution in [2.24, 2.45) is 5.73 Å². The van der Waals surface area contributed by atoms with Crippen LogP contribution in [-0.4, -0.2) is 45.4 Å². The molecule has 0 aromatic carbocycles. The van der Waals surface area contributed by atoms with Gasteiger partial charge in [0.1, 0.15) is 0 Å². The summed E-state index contributed by atoms with van der Waals surface area (Å²) in [5.41, 5.74) is 4.71. The largest absolute Gasteiger partial charge is 0.382 e. The minimum absolute atomic E-state index is 0.310. The van der Waals surface area contributed by atoms with Gasteiger partial charge in [-0.05, 0) is 33.2 Å². The van der Waals surface area contributed by atoms with E-state index in [0.29, 0.717) is 19.8 Å². The van der Waals surface area contributed by atoms with Crippen LogP contribution >= 0.6 is 0 Å². The molecule has 1 atom stereocenters. The number of rotatable bonds is 10. The third-order valence-corrected chi connectivity index (χ3v) is 2.74. The molecule has 0 aromatic rings. The van der Waals surface area contributed by atoms with Crippen molar-refractivity contribution in [3.8, 4) is 0 Å². The van der Waals surface area contributed by atoms with Crippen molar-refractivity contribution in [1.29, 1.82) is 0 Å². The number of unbranched alkanes of at least 4 members (excludes halogenated alkanes) is 1. The molecule has 0 bridgehead atoms. The van der Waals surface area contributed by atoms with Gasteiger partial charge in [0.15, 0.2) is 0 Å². The molecule has 0 aliphatic carbocycles. The number of nitrogens with two attached hydrogens (primary N) is 1. The summed E-state index contributed by atoms with van der Waals surface area (Å²) in [6.45, 7) is 3.76. The van der Waals surface area contributed by atoms with Gasteiger partial charge in [-0.15, -0.1) is 0 Å². The van der Waals surface area contributed by atoms with Crippen LogP contribution in [0.2, 0.25) is 0 Å². The standard InChI is InChI=1S/C11H24N2O3/c1-11(13-2,10(12)14)6-4-5-7-16-9-8-15-3/h13H,4-9H2,1-3H3,(H2,12,14). The number of amides is 1. The average Bonchev–Trinajstić information content (AvgIpc) is 2.27. The van der Waals surface area contributed by atoms with E-state index in [9.17, 15) is 4.79 Å². The summed E-state index contributed by atoms with van der Waals surface area (Å²) in [4.78, 5) is 11.2. The summed E-state index contributed by atoms with van der Waals surface area (Å²) < 4.78 is 10.2. The van der Waals surface area contributed by atoms with Crippen molar-refractivity contribution in [1.82, 2.24) is 5.32 Å². The molecular weight excluding hydrogens is 208 g/mol. The smallest absolute Gasteiger partial charge is 0.237 e. The number of hydrogen-bond donors (Lipinski definition) is 2. The third kappa shape index (κ3) is 6.05. The molecule has 0 radical (unpaired) electrons. The van der Waals surface area contributed by atoms with Crippen LogP contribution in [0.4, 0.5) is 0 Å². The van der Waals surface area contributed by atoms with E-state index in [4.69, 9.17) is 15.2 Å². The lowest BCUT2D eigenvalue weighted by atomic mass is 9.94. The number of hydrogen-bond acceptors (Lipinski definition) is 4. The lowest BCUT2D eigenvalue weighted by Crippen LogP contribution is -2.51. The van der Waals surface area contributed by atoms with Crippen molar-refractivity contribution in [3.05, 3.63) is 0 Å². The van der Waals surface area contributed by atoms with Gasteiger partial charge in [-0.1, -0.05) is 0 Å². The van der Waals surface area contributed by atoms with E-state index in [1.165, 1.54) is 0 Å². The number of likely N-dealkylation sites (N-methyl/N-ethyl adjacent to an activating group) is 1. The van der Waals surface area contributed by atoms with Crippen molar-refractivity contribution >= 4 is 5.91 Å². The van der Waals surface area contributed by atoms with Crippen LogP contribution in [-0.2, 0) is 14.3 Å². The summed E-state index contributed by atoms with van der Waals surface area (Å²) in [6, 6.07) is 0. The maximum Gasteiger partial charge on any atom is 0.237 e. The molecule has 0 fully saturated rings. The van der Waals surface area contributed by atoms with E-state index < -0.39 is 5.54 Å². The molecule has 0 aliphatic heterocycles. The molecule has 0 aliphatic rings. The number of carbonyl (C=O) groups excluding carboxylic acids is 1. The van der Waals surface area contributed by atoms with E-state index in [-0.39, 0.29) is 5.91 Å². The highest BCUT2D eigenvalue weighted by atomic mass is 16.5. The fourth-order valence-corrected chi connectivity index (χ4v) is 1.30. The lowest BCUT2D eigenvalue weighted by Gasteiger charge is -2.25. The Kier molecular flexibility index (Phi) is 8.15. The Morgan fingerprint density at radius 1 is 1.31 bits per heavy atom. The first kappa shape index (κ1) is 15.3. The van der Waals surface area contributed by atoms with E-state index in [1.54, 1.807) is 14.2 Å². The maximum absolute atomic E-state index is 11.2. The molecule has 0 aromatic heterocycles. The second-order valence-electron chi connectivity index (χ2n) is 4.01. The Morgan fingerprint density at radius 3 is 2.50 bits per heavy atom. The fourth-order valence-electron chi connectivity index (χ4n) is 1.30. The van der Waals surface area contributed by atoms with Gasteiger partial charge in [-0.2, -0.15) is 0 Å². The van der Waals surface area contributed by atoms with Crippen molar-refractivity contribution in [3.63, 3.8) is 0 Å². The molecule has 1 amide bonds. The van der Waals surface area contributed by atoms with Gasteiger partial charge in [0.2, 0.25) is 5.91 Å². The second-order valence-corrected chi connectivity index (χ2v) is 4.01. The van der Waals surface area contributed by atoms with Gasteiger partial charge in [0.25, 0.3) is 0 Å². The topological polar surface area (TPSA) is 73.6 Å². The SMILES string of the molecule is CNC(C)(CCCCOCCOC)C(N)=O. The summed E-state index contributed by atoms with van der Waals surface area (Å²) in [6.07, 6.45) is 2.56. The average molecular weight is 232 g/mol.